The number of amides is 1. The topological polar surface area (TPSA) is 56.7 Å². The van der Waals surface area contributed by atoms with Gasteiger partial charge in [-0.3, -0.25) is 4.98 Å². The van der Waals surface area contributed by atoms with Crippen molar-refractivity contribution >= 4 is 11.8 Å². The predicted octanol–water partition coefficient (Wildman–Crippen LogP) is 2.05. The number of nitrogens with zero attached hydrogens (tertiary/aromatic N) is 3. The van der Waals surface area contributed by atoms with Crippen molar-refractivity contribution in [2.45, 2.75) is 19.3 Å². The number of hydrogen-bond acceptors (Lipinski definition) is 3. The van der Waals surface area contributed by atoms with E-state index in [1.807, 2.05) is 24.5 Å². The minimum absolute atomic E-state index is 0.224. The van der Waals surface area contributed by atoms with Crippen LogP contribution in [0.4, 0.5) is 10.5 Å². The van der Waals surface area contributed by atoms with Crippen molar-refractivity contribution in [2.24, 2.45) is 5.41 Å². The molecule has 0 aliphatic carbocycles. The smallest absolute Gasteiger partial charge is 0.407 e. The maximum absolute atomic E-state index is 11.0. The summed E-state index contributed by atoms with van der Waals surface area (Å²) in [4.78, 5) is 19.0. The second kappa shape index (κ2) is 4.72. The van der Waals surface area contributed by atoms with Gasteiger partial charge in [-0.2, -0.15) is 0 Å². The van der Waals surface area contributed by atoms with Crippen LogP contribution in [0.1, 0.15) is 19.3 Å². The van der Waals surface area contributed by atoms with Crippen LogP contribution in [0.5, 0.6) is 0 Å². The maximum Gasteiger partial charge on any atom is 0.407 e. The summed E-state index contributed by atoms with van der Waals surface area (Å²) in [5, 5.41) is 9.07. The molecule has 0 aromatic carbocycles. The first kappa shape index (κ1) is 12.3. The molecule has 3 rings (SSSR count). The third-order valence-electron chi connectivity index (χ3n) is 4.56. The van der Waals surface area contributed by atoms with Gasteiger partial charge < -0.3 is 14.9 Å². The quantitative estimate of drug-likeness (QED) is 0.840. The highest BCUT2D eigenvalue weighted by Gasteiger charge is 2.42. The average molecular weight is 261 g/mol. The van der Waals surface area contributed by atoms with E-state index in [1.165, 1.54) is 5.69 Å². The highest BCUT2D eigenvalue weighted by molar-refractivity contribution is 5.65. The standard InChI is InChI=1S/C14H19N3O2/c18-13(19)17-10-5-14(11-17)3-8-16(9-4-14)12-1-6-15-7-2-12/h1-2,6-7H,3-5,8-11H2,(H,18,19). The molecule has 2 aliphatic heterocycles. The van der Waals surface area contributed by atoms with Crippen LogP contribution in [0.25, 0.3) is 0 Å². The number of rotatable bonds is 1. The van der Waals surface area contributed by atoms with Gasteiger partial charge in [0.15, 0.2) is 0 Å². The Hall–Kier alpha value is -1.78. The van der Waals surface area contributed by atoms with Gasteiger partial charge in [0.05, 0.1) is 0 Å². The van der Waals surface area contributed by atoms with Crippen LogP contribution >= 0.6 is 0 Å². The molecule has 0 radical (unpaired) electrons. The highest BCUT2D eigenvalue weighted by Crippen LogP contribution is 2.41. The summed E-state index contributed by atoms with van der Waals surface area (Å²) in [6.07, 6.45) is 6.05. The summed E-state index contributed by atoms with van der Waals surface area (Å²) in [6, 6.07) is 4.08. The summed E-state index contributed by atoms with van der Waals surface area (Å²) in [5.74, 6) is 0. The van der Waals surface area contributed by atoms with E-state index in [4.69, 9.17) is 5.11 Å². The van der Waals surface area contributed by atoms with Crippen LogP contribution in [0.3, 0.4) is 0 Å². The third kappa shape index (κ3) is 2.37. The van der Waals surface area contributed by atoms with Crippen LogP contribution in [-0.4, -0.2) is 47.3 Å². The van der Waals surface area contributed by atoms with Gasteiger partial charge in [-0.1, -0.05) is 0 Å². The molecular weight excluding hydrogens is 242 g/mol. The predicted molar refractivity (Wildman–Crippen MR) is 72.3 cm³/mol. The molecule has 2 fully saturated rings. The number of anilines is 1. The average Bonchev–Trinajstić information content (AvgIpc) is 2.85. The lowest BCUT2D eigenvalue weighted by atomic mass is 9.77. The van der Waals surface area contributed by atoms with Crippen molar-refractivity contribution in [3.05, 3.63) is 24.5 Å². The van der Waals surface area contributed by atoms with E-state index in [0.717, 1.165) is 32.4 Å². The summed E-state index contributed by atoms with van der Waals surface area (Å²) >= 11 is 0. The van der Waals surface area contributed by atoms with Gasteiger partial charge in [0.25, 0.3) is 0 Å². The molecule has 3 heterocycles. The lowest BCUT2D eigenvalue weighted by Crippen LogP contribution is -2.42. The second-order valence-electron chi connectivity index (χ2n) is 5.65. The molecule has 2 saturated heterocycles. The van der Waals surface area contributed by atoms with Crippen LogP contribution in [-0.2, 0) is 0 Å². The van der Waals surface area contributed by atoms with Gasteiger partial charge in [0.2, 0.25) is 0 Å². The number of pyridine rings is 1. The van der Waals surface area contributed by atoms with E-state index < -0.39 is 6.09 Å². The molecule has 1 amide bonds. The summed E-state index contributed by atoms with van der Waals surface area (Å²) < 4.78 is 0. The Labute approximate surface area is 112 Å². The Morgan fingerprint density at radius 2 is 1.79 bits per heavy atom. The molecule has 1 spiro atoms. The van der Waals surface area contributed by atoms with Crippen LogP contribution in [0.2, 0.25) is 0 Å². The van der Waals surface area contributed by atoms with Gasteiger partial charge in [0.1, 0.15) is 0 Å². The van der Waals surface area contributed by atoms with Crippen LogP contribution < -0.4 is 4.90 Å². The third-order valence-corrected chi connectivity index (χ3v) is 4.56. The molecule has 19 heavy (non-hydrogen) atoms. The minimum Gasteiger partial charge on any atom is -0.465 e. The number of hydrogen-bond donors (Lipinski definition) is 1. The number of piperidine rings is 1. The van der Waals surface area contributed by atoms with Crippen LogP contribution in [0, 0.1) is 5.41 Å². The number of likely N-dealkylation sites (tertiary alicyclic amines) is 1. The highest BCUT2D eigenvalue weighted by atomic mass is 16.4. The fraction of sp³-hybridized carbons (Fsp3) is 0.571. The molecular formula is C14H19N3O2. The summed E-state index contributed by atoms with van der Waals surface area (Å²) in [7, 11) is 0. The van der Waals surface area contributed by atoms with E-state index in [-0.39, 0.29) is 5.41 Å². The molecule has 0 bridgehead atoms. The molecule has 0 saturated carbocycles. The molecule has 2 aliphatic rings. The molecule has 1 aromatic heterocycles. The van der Waals surface area contributed by atoms with Crippen molar-refractivity contribution in [1.82, 2.24) is 9.88 Å². The van der Waals surface area contributed by atoms with Crippen molar-refractivity contribution in [3.63, 3.8) is 0 Å². The van der Waals surface area contributed by atoms with Crippen molar-refractivity contribution in [1.29, 1.82) is 0 Å². The molecule has 1 N–H and O–H groups in total. The largest absolute Gasteiger partial charge is 0.465 e. The normalized spacial score (nSPS) is 21.9. The summed E-state index contributed by atoms with van der Waals surface area (Å²) in [6.45, 7) is 3.44. The Morgan fingerprint density at radius 3 is 2.37 bits per heavy atom. The Morgan fingerprint density at radius 1 is 1.16 bits per heavy atom. The molecule has 5 heteroatoms. The first-order valence-corrected chi connectivity index (χ1v) is 6.81. The maximum atomic E-state index is 11.0. The second-order valence-corrected chi connectivity index (χ2v) is 5.65. The first-order chi connectivity index (χ1) is 9.19. The van der Waals surface area contributed by atoms with Crippen molar-refractivity contribution < 1.29 is 9.90 Å². The van der Waals surface area contributed by atoms with E-state index in [1.54, 1.807) is 4.90 Å². The zero-order valence-corrected chi connectivity index (χ0v) is 11.0. The van der Waals surface area contributed by atoms with Crippen molar-refractivity contribution in [3.8, 4) is 0 Å². The summed E-state index contributed by atoms with van der Waals surface area (Å²) in [5.41, 5.74) is 1.44. The van der Waals surface area contributed by atoms with E-state index in [2.05, 4.69) is 9.88 Å². The van der Waals surface area contributed by atoms with Gasteiger partial charge >= 0.3 is 6.09 Å². The molecule has 102 valence electrons. The number of aromatic nitrogens is 1. The lowest BCUT2D eigenvalue weighted by molar-refractivity contribution is 0.144. The Balaban J connectivity index is 1.63. The van der Waals surface area contributed by atoms with Gasteiger partial charge in [-0.25, -0.2) is 4.79 Å². The fourth-order valence-electron chi connectivity index (χ4n) is 3.30. The Kier molecular flexibility index (Phi) is 3.05. The van der Waals surface area contributed by atoms with E-state index in [9.17, 15) is 4.79 Å². The van der Waals surface area contributed by atoms with Crippen molar-refractivity contribution in [2.75, 3.05) is 31.1 Å². The van der Waals surface area contributed by atoms with Gasteiger partial charge in [-0.05, 0) is 36.8 Å². The number of carbonyl (C=O) groups is 1. The minimum atomic E-state index is -0.770. The zero-order valence-electron chi connectivity index (χ0n) is 11.0. The first-order valence-electron chi connectivity index (χ1n) is 6.81. The molecule has 0 unspecified atom stereocenters. The van der Waals surface area contributed by atoms with Gasteiger partial charge in [-0.15, -0.1) is 0 Å². The molecule has 5 nitrogen and oxygen atoms in total. The zero-order chi connectivity index (χ0) is 13.3. The van der Waals surface area contributed by atoms with E-state index in [0.29, 0.717) is 13.1 Å². The Bertz CT molecular complexity index is 455. The van der Waals surface area contributed by atoms with E-state index >= 15 is 0 Å². The molecule has 1 aromatic rings. The number of carboxylic acid groups (broad SMARTS) is 1. The monoisotopic (exact) mass is 261 g/mol. The fourth-order valence-corrected chi connectivity index (χ4v) is 3.30. The lowest BCUT2D eigenvalue weighted by Gasteiger charge is -2.40. The SMILES string of the molecule is O=C(O)N1CCC2(CCN(c3ccncc3)CC2)C1. The molecule has 0 atom stereocenters. The van der Waals surface area contributed by atoms with Crippen LogP contribution in [0.15, 0.2) is 24.5 Å². The van der Waals surface area contributed by atoms with Gasteiger partial charge in [0, 0.05) is 44.3 Å².